The van der Waals surface area contributed by atoms with Crippen molar-refractivity contribution >= 4 is 35.1 Å². The summed E-state index contributed by atoms with van der Waals surface area (Å²) in [5.41, 5.74) is 5.50. The second-order valence-corrected chi connectivity index (χ2v) is 4.79. The maximum atomic E-state index is 4.27. The molecule has 0 bridgehead atoms. The van der Waals surface area contributed by atoms with Gasteiger partial charge in [0.15, 0.2) is 11.5 Å². The third-order valence-corrected chi connectivity index (χ3v) is 3.58. The van der Waals surface area contributed by atoms with Gasteiger partial charge in [-0.05, 0) is 42.5 Å². The van der Waals surface area contributed by atoms with Crippen molar-refractivity contribution in [3.05, 3.63) is 42.0 Å². The highest BCUT2D eigenvalue weighted by Gasteiger charge is 2.12. The van der Waals surface area contributed by atoms with Gasteiger partial charge in [0.1, 0.15) is 11.8 Å². The van der Waals surface area contributed by atoms with Crippen LogP contribution in [0.1, 0.15) is 17.5 Å². The molecular formula is C14H14ClN5. The van der Waals surface area contributed by atoms with Crippen molar-refractivity contribution in [2.45, 2.75) is 19.3 Å². The molecule has 0 atom stereocenters. The van der Waals surface area contributed by atoms with Crippen LogP contribution in [-0.2, 0) is 12.8 Å². The number of aromatic amines is 1. The Hall–Kier alpha value is -2.14. The molecule has 0 fully saturated rings. The van der Waals surface area contributed by atoms with Gasteiger partial charge in [0.2, 0.25) is 0 Å². The van der Waals surface area contributed by atoms with E-state index in [0.29, 0.717) is 5.65 Å². The van der Waals surface area contributed by atoms with Gasteiger partial charge in [-0.2, -0.15) is 0 Å². The summed E-state index contributed by atoms with van der Waals surface area (Å²) in [5.74, 6) is 0.764. The highest BCUT2D eigenvalue weighted by Crippen LogP contribution is 2.27. The predicted molar refractivity (Wildman–Crippen MR) is 80.7 cm³/mol. The average molecular weight is 288 g/mol. The molecule has 0 spiro atoms. The SMILES string of the molecule is Cl.c1nc(Nc2ccc3c(c2)CCC3)c2[nH]cnc2n1. The Balaban J connectivity index is 0.00000121. The number of fused-ring (bicyclic) bond motifs is 2. The van der Waals surface area contributed by atoms with E-state index in [1.165, 1.54) is 36.7 Å². The number of rotatable bonds is 2. The molecule has 0 radical (unpaired) electrons. The second-order valence-electron chi connectivity index (χ2n) is 4.79. The number of benzene rings is 1. The first-order valence-corrected chi connectivity index (χ1v) is 6.43. The summed E-state index contributed by atoms with van der Waals surface area (Å²) in [7, 11) is 0. The third kappa shape index (κ3) is 2.10. The van der Waals surface area contributed by atoms with E-state index in [0.717, 1.165) is 17.0 Å². The van der Waals surface area contributed by atoms with Crippen molar-refractivity contribution in [3.8, 4) is 0 Å². The van der Waals surface area contributed by atoms with Crippen LogP contribution in [0.4, 0.5) is 11.5 Å². The monoisotopic (exact) mass is 287 g/mol. The Labute approximate surface area is 122 Å². The van der Waals surface area contributed by atoms with E-state index in [2.05, 4.69) is 43.5 Å². The lowest BCUT2D eigenvalue weighted by Crippen LogP contribution is -1.96. The lowest BCUT2D eigenvalue weighted by Gasteiger charge is -2.08. The molecule has 1 aromatic carbocycles. The maximum absolute atomic E-state index is 4.27. The van der Waals surface area contributed by atoms with Crippen LogP contribution in [-0.4, -0.2) is 19.9 Å². The molecule has 2 N–H and O–H groups in total. The molecule has 0 amide bonds. The Kier molecular flexibility index (Phi) is 3.28. The third-order valence-electron chi connectivity index (χ3n) is 3.58. The van der Waals surface area contributed by atoms with Gasteiger partial charge in [-0.3, -0.25) is 0 Å². The quantitative estimate of drug-likeness (QED) is 0.760. The van der Waals surface area contributed by atoms with Gasteiger partial charge in [0.05, 0.1) is 6.33 Å². The fraction of sp³-hybridized carbons (Fsp3) is 0.214. The van der Waals surface area contributed by atoms with Crippen molar-refractivity contribution in [2.75, 3.05) is 5.32 Å². The predicted octanol–water partition coefficient (Wildman–Crippen LogP) is 3.01. The molecule has 0 aliphatic heterocycles. The summed E-state index contributed by atoms with van der Waals surface area (Å²) in [6.45, 7) is 0. The Morgan fingerprint density at radius 2 is 1.95 bits per heavy atom. The molecule has 1 aliphatic rings. The van der Waals surface area contributed by atoms with Gasteiger partial charge in [-0.15, -0.1) is 12.4 Å². The van der Waals surface area contributed by atoms with Gasteiger partial charge in [0, 0.05) is 5.69 Å². The molecule has 0 unspecified atom stereocenters. The van der Waals surface area contributed by atoms with Crippen LogP contribution >= 0.6 is 12.4 Å². The molecule has 102 valence electrons. The molecule has 20 heavy (non-hydrogen) atoms. The molecule has 2 heterocycles. The van der Waals surface area contributed by atoms with Crippen molar-refractivity contribution in [1.29, 1.82) is 0 Å². The summed E-state index contributed by atoms with van der Waals surface area (Å²) >= 11 is 0. The average Bonchev–Trinajstić information content (AvgIpc) is 3.06. The number of H-pyrrole nitrogens is 1. The van der Waals surface area contributed by atoms with Crippen LogP contribution in [0, 0.1) is 0 Å². The number of halogens is 1. The minimum atomic E-state index is 0. The van der Waals surface area contributed by atoms with Crippen LogP contribution in [0.5, 0.6) is 0 Å². The molecule has 0 saturated heterocycles. The zero-order valence-corrected chi connectivity index (χ0v) is 11.6. The van der Waals surface area contributed by atoms with Crippen molar-refractivity contribution in [1.82, 2.24) is 19.9 Å². The van der Waals surface area contributed by atoms with Crippen LogP contribution < -0.4 is 5.32 Å². The second kappa shape index (κ2) is 5.09. The molecule has 5 nitrogen and oxygen atoms in total. The Bertz CT molecular complexity index is 752. The topological polar surface area (TPSA) is 66.5 Å². The molecule has 2 aromatic heterocycles. The highest BCUT2D eigenvalue weighted by atomic mass is 35.5. The summed E-state index contributed by atoms with van der Waals surface area (Å²) in [6, 6.07) is 6.52. The van der Waals surface area contributed by atoms with Gasteiger partial charge in [0.25, 0.3) is 0 Å². The van der Waals surface area contributed by atoms with E-state index in [-0.39, 0.29) is 12.4 Å². The number of hydrogen-bond acceptors (Lipinski definition) is 4. The standard InChI is InChI=1S/C14H13N5.ClH/c1-2-9-4-5-11(6-10(9)3-1)19-14-12-13(16-7-15-12)17-8-18-14;/h4-8H,1-3H2,(H2,15,16,17,18,19);1H. The molecule has 3 aromatic rings. The molecular weight excluding hydrogens is 274 g/mol. The lowest BCUT2D eigenvalue weighted by atomic mass is 10.1. The Morgan fingerprint density at radius 1 is 1.05 bits per heavy atom. The number of nitrogens with zero attached hydrogens (tertiary/aromatic N) is 3. The van der Waals surface area contributed by atoms with Crippen molar-refractivity contribution in [3.63, 3.8) is 0 Å². The number of imidazole rings is 1. The maximum Gasteiger partial charge on any atom is 0.182 e. The fourth-order valence-corrected chi connectivity index (χ4v) is 2.65. The number of aryl methyl sites for hydroxylation is 2. The lowest BCUT2D eigenvalue weighted by molar-refractivity contribution is 0.912. The summed E-state index contributed by atoms with van der Waals surface area (Å²) in [5, 5.41) is 3.34. The normalized spacial score (nSPS) is 13.0. The van der Waals surface area contributed by atoms with E-state index in [1.807, 2.05) is 0 Å². The fourth-order valence-electron chi connectivity index (χ4n) is 2.65. The van der Waals surface area contributed by atoms with Crippen LogP contribution in [0.25, 0.3) is 11.2 Å². The van der Waals surface area contributed by atoms with Crippen molar-refractivity contribution in [2.24, 2.45) is 0 Å². The van der Waals surface area contributed by atoms with Gasteiger partial charge >= 0.3 is 0 Å². The van der Waals surface area contributed by atoms with Crippen LogP contribution in [0.15, 0.2) is 30.9 Å². The molecule has 6 heteroatoms. The summed E-state index contributed by atoms with van der Waals surface area (Å²) < 4.78 is 0. The summed E-state index contributed by atoms with van der Waals surface area (Å²) in [4.78, 5) is 15.6. The van der Waals surface area contributed by atoms with E-state index in [4.69, 9.17) is 0 Å². The molecule has 4 rings (SSSR count). The zero-order chi connectivity index (χ0) is 12.7. The van der Waals surface area contributed by atoms with Gasteiger partial charge < -0.3 is 10.3 Å². The van der Waals surface area contributed by atoms with Crippen LogP contribution in [0.3, 0.4) is 0 Å². The number of anilines is 2. The van der Waals surface area contributed by atoms with Crippen molar-refractivity contribution < 1.29 is 0 Å². The smallest absolute Gasteiger partial charge is 0.182 e. The Morgan fingerprint density at radius 3 is 2.90 bits per heavy atom. The number of nitrogens with one attached hydrogen (secondary N) is 2. The first kappa shape index (κ1) is 12.9. The first-order valence-electron chi connectivity index (χ1n) is 6.43. The van der Waals surface area contributed by atoms with E-state index < -0.39 is 0 Å². The van der Waals surface area contributed by atoms with E-state index in [9.17, 15) is 0 Å². The number of aromatic nitrogens is 4. The van der Waals surface area contributed by atoms with Gasteiger partial charge in [-0.25, -0.2) is 15.0 Å². The van der Waals surface area contributed by atoms with Gasteiger partial charge in [-0.1, -0.05) is 6.07 Å². The summed E-state index contributed by atoms with van der Waals surface area (Å²) in [6.07, 6.45) is 6.80. The van der Waals surface area contributed by atoms with E-state index >= 15 is 0 Å². The minimum absolute atomic E-state index is 0. The van der Waals surface area contributed by atoms with E-state index in [1.54, 1.807) is 6.33 Å². The molecule has 0 saturated carbocycles. The zero-order valence-electron chi connectivity index (χ0n) is 10.8. The molecule has 1 aliphatic carbocycles. The number of hydrogen-bond donors (Lipinski definition) is 2. The highest BCUT2D eigenvalue weighted by molar-refractivity contribution is 5.85. The first-order chi connectivity index (χ1) is 9.40. The largest absolute Gasteiger partial charge is 0.340 e. The van der Waals surface area contributed by atoms with Crippen LogP contribution in [0.2, 0.25) is 0 Å². The minimum Gasteiger partial charge on any atom is -0.340 e.